The average molecular weight is 222 g/mol. The summed E-state index contributed by atoms with van der Waals surface area (Å²) in [5.74, 6) is 0. The predicted molar refractivity (Wildman–Crippen MR) is 70.1 cm³/mol. The second-order valence-corrected chi connectivity index (χ2v) is 4.39. The van der Waals surface area contributed by atoms with Crippen LogP contribution in [0.25, 0.3) is 16.8 Å². The summed E-state index contributed by atoms with van der Waals surface area (Å²) in [6.07, 6.45) is 1.90. The molecule has 0 N–H and O–H groups in total. The van der Waals surface area contributed by atoms with E-state index in [0.717, 1.165) is 5.69 Å². The van der Waals surface area contributed by atoms with Gasteiger partial charge < -0.3 is 4.40 Å². The van der Waals surface area contributed by atoms with Crippen LogP contribution in [0.15, 0.2) is 48.8 Å². The van der Waals surface area contributed by atoms with Gasteiger partial charge in [-0.3, -0.25) is 0 Å². The summed E-state index contributed by atoms with van der Waals surface area (Å²) in [5.41, 5.74) is 5.88. The molecule has 2 nitrogen and oxygen atoms in total. The zero-order chi connectivity index (χ0) is 11.8. The van der Waals surface area contributed by atoms with E-state index in [1.165, 1.54) is 22.3 Å². The van der Waals surface area contributed by atoms with Crippen LogP contribution in [-0.2, 0) is 0 Å². The molecule has 0 saturated carbocycles. The third-order valence-electron chi connectivity index (χ3n) is 3.03. The molecule has 3 aromatic rings. The van der Waals surface area contributed by atoms with Gasteiger partial charge in [-0.05, 0) is 31.5 Å². The van der Waals surface area contributed by atoms with Crippen molar-refractivity contribution in [3.63, 3.8) is 0 Å². The van der Waals surface area contributed by atoms with Crippen LogP contribution in [0.1, 0.15) is 11.3 Å². The minimum Gasteiger partial charge on any atom is -0.303 e. The van der Waals surface area contributed by atoms with Gasteiger partial charge in [0.15, 0.2) is 0 Å². The lowest BCUT2D eigenvalue weighted by molar-refractivity contribution is 1.07. The highest BCUT2D eigenvalue weighted by Crippen LogP contribution is 2.24. The summed E-state index contributed by atoms with van der Waals surface area (Å²) in [7, 11) is 0. The van der Waals surface area contributed by atoms with Crippen LogP contribution in [0.3, 0.4) is 0 Å². The van der Waals surface area contributed by atoms with Gasteiger partial charge in [0.1, 0.15) is 6.33 Å². The maximum atomic E-state index is 4.53. The Balaban J connectivity index is 2.32. The number of aromatic nitrogens is 2. The van der Waals surface area contributed by atoms with Crippen molar-refractivity contribution in [2.45, 2.75) is 13.8 Å². The molecule has 0 aliphatic carbocycles. The lowest BCUT2D eigenvalue weighted by Gasteiger charge is -2.03. The molecule has 0 aliphatic rings. The van der Waals surface area contributed by atoms with Crippen molar-refractivity contribution in [2.75, 3.05) is 0 Å². The minimum atomic E-state index is 1.05. The van der Waals surface area contributed by atoms with E-state index < -0.39 is 0 Å². The van der Waals surface area contributed by atoms with Crippen molar-refractivity contribution in [3.8, 4) is 11.3 Å². The first-order chi connectivity index (χ1) is 8.25. The van der Waals surface area contributed by atoms with E-state index >= 15 is 0 Å². The fraction of sp³-hybridized carbons (Fsp3) is 0.133. The van der Waals surface area contributed by atoms with Gasteiger partial charge in [0, 0.05) is 11.3 Å². The molecule has 2 heterocycles. The van der Waals surface area contributed by atoms with Crippen molar-refractivity contribution >= 4 is 5.52 Å². The van der Waals surface area contributed by atoms with Crippen LogP contribution in [-0.4, -0.2) is 9.38 Å². The molecule has 0 amide bonds. The van der Waals surface area contributed by atoms with Gasteiger partial charge in [-0.1, -0.05) is 30.3 Å². The fourth-order valence-electron chi connectivity index (χ4n) is 2.25. The zero-order valence-corrected chi connectivity index (χ0v) is 10.0. The Hall–Kier alpha value is -2.09. The number of pyridine rings is 1. The topological polar surface area (TPSA) is 17.3 Å². The van der Waals surface area contributed by atoms with E-state index in [4.69, 9.17) is 0 Å². The fourth-order valence-corrected chi connectivity index (χ4v) is 2.25. The van der Waals surface area contributed by atoms with Gasteiger partial charge in [0.05, 0.1) is 11.2 Å². The van der Waals surface area contributed by atoms with E-state index in [-0.39, 0.29) is 0 Å². The summed E-state index contributed by atoms with van der Waals surface area (Å²) in [6, 6.07) is 14.7. The Kier molecular flexibility index (Phi) is 2.22. The smallest absolute Gasteiger partial charge is 0.100 e. The normalized spacial score (nSPS) is 10.9. The summed E-state index contributed by atoms with van der Waals surface area (Å²) in [6.45, 7) is 4.23. The zero-order valence-electron chi connectivity index (χ0n) is 10.0. The third kappa shape index (κ3) is 1.62. The number of hydrogen-bond donors (Lipinski definition) is 0. The lowest BCUT2D eigenvalue weighted by atomic mass is 10.1. The van der Waals surface area contributed by atoms with Crippen LogP contribution >= 0.6 is 0 Å². The molecule has 3 rings (SSSR count). The molecule has 0 aliphatic heterocycles. The van der Waals surface area contributed by atoms with Crippen LogP contribution in [0.2, 0.25) is 0 Å². The Bertz CT molecular complexity index is 666. The average Bonchev–Trinajstić information content (AvgIpc) is 2.74. The monoisotopic (exact) mass is 222 g/mol. The number of fused-ring (bicyclic) bond motifs is 1. The number of nitrogens with zero attached hydrogens (tertiary/aromatic N) is 2. The molecular formula is C15H14N2. The Morgan fingerprint density at radius 2 is 1.76 bits per heavy atom. The first-order valence-corrected chi connectivity index (χ1v) is 5.75. The predicted octanol–water partition coefficient (Wildman–Crippen LogP) is 3.62. The summed E-state index contributed by atoms with van der Waals surface area (Å²) < 4.78 is 2.13. The molecule has 17 heavy (non-hydrogen) atoms. The molecule has 0 saturated heterocycles. The third-order valence-corrected chi connectivity index (χ3v) is 3.03. The van der Waals surface area contributed by atoms with E-state index in [9.17, 15) is 0 Å². The van der Waals surface area contributed by atoms with Crippen LogP contribution in [0.4, 0.5) is 0 Å². The van der Waals surface area contributed by atoms with E-state index in [1.54, 1.807) is 0 Å². The van der Waals surface area contributed by atoms with Crippen LogP contribution < -0.4 is 0 Å². The van der Waals surface area contributed by atoms with E-state index in [1.807, 2.05) is 24.5 Å². The molecule has 2 aromatic heterocycles. The molecule has 0 bridgehead atoms. The number of imidazole rings is 1. The summed E-state index contributed by atoms with van der Waals surface area (Å²) >= 11 is 0. The molecule has 0 atom stereocenters. The minimum absolute atomic E-state index is 1.05. The molecular weight excluding hydrogens is 208 g/mol. The summed E-state index contributed by atoms with van der Waals surface area (Å²) in [4.78, 5) is 4.53. The molecule has 0 unspecified atom stereocenters. The number of benzene rings is 1. The van der Waals surface area contributed by atoms with Gasteiger partial charge in [0.25, 0.3) is 0 Å². The maximum Gasteiger partial charge on any atom is 0.100 e. The Morgan fingerprint density at radius 3 is 2.53 bits per heavy atom. The van der Waals surface area contributed by atoms with Crippen molar-refractivity contribution < 1.29 is 0 Å². The molecule has 0 spiro atoms. The van der Waals surface area contributed by atoms with Crippen molar-refractivity contribution in [3.05, 3.63) is 60.0 Å². The largest absolute Gasteiger partial charge is 0.303 e. The second kappa shape index (κ2) is 3.74. The Morgan fingerprint density at radius 1 is 1.00 bits per heavy atom. The van der Waals surface area contributed by atoms with Crippen molar-refractivity contribution in [1.82, 2.24) is 9.38 Å². The van der Waals surface area contributed by atoms with Gasteiger partial charge in [-0.15, -0.1) is 0 Å². The molecule has 84 valence electrons. The second-order valence-electron chi connectivity index (χ2n) is 4.39. The summed E-state index contributed by atoms with van der Waals surface area (Å²) in [5, 5.41) is 0. The van der Waals surface area contributed by atoms with Gasteiger partial charge in [-0.2, -0.15) is 0 Å². The van der Waals surface area contributed by atoms with Crippen molar-refractivity contribution in [1.29, 1.82) is 0 Å². The molecule has 0 fully saturated rings. The van der Waals surface area contributed by atoms with Crippen molar-refractivity contribution in [2.24, 2.45) is 0 Å². The molecule has 1 aromatic carbocycles. The highest BCUT2D eigenvalue weighted by atomic mass is 15.0. The lowest BCUT2D eigenvalue weighted by Crippen LogP contribution is -1.90. The number of rotatable bonds is 1. The van der Waals surface area contributed by atoms with E-state index in [0.29, 0.717) is 0 Å². The SMILES string of the molecule is Cc1cc(C)n2cnc(-c3ccccc3)c2c1. The van der Waals surface area contributed by atoms with E-state index in [2.05, 4.69) is 47.5 Å². The first-order valence-electron chi connectivity index (χ1n) is 5.75. The standard InChI is InChI=1S/C15H14N2/c1-11-8-12(2)17-10-16-15(14(17)9-11)13-6-4-3-5-7-13/h3-10H,1-2H3. The number of aryl methyl sites for hydroxylation is 2. The molecule has 2 heteroatoms. The van der Waals surface area contributed by atoms with Crippen LogP contribution in [0.5, 0.6) is 0 Å². The quantitative estimate of drug-likeness (QED) is 0.614. The first kappa shape index (κ1) is 10.1. The highest BCUT2D eigenvalue weighted by Gasteiger charge is 2.08. The van der Waals surface area contributed by atoms with Gasteiger partial charge in [0.2, 0.25) is 0 Å². The Labute approximate surface area is 101 Å². The van der Waals surface area contributed by atoms with Crippen LogP contribution in [0, 0.1) is 13.8 Å². The molecule has 0 radical (unpaired) electrons. The van der Waals surface area contributed by atoms with Gasteiger partial charge in [-0.25, -0.2) is 4.98 Å². The number of hydrogen-bond acceptors (Lipinski definition) is 1. The maximum absolute atomic E-state index is 4.53. The highest BCUT2D eigenvalue weighted by molar-refractivity contribution is 5.77. The van der Waals surface area contributed by atoms with Gasteiger partial charge >= 0.3 is 0 Å².